The fourth-order valence-corrected chi connectivity index (χ4v) is 1.85. The van der Waals surface area contributed by atoms with E-state index in [1.54, 1.807) is 0 Å². The molecule has 3 N–H and O–H groups in total. The van der Waals surface area contributed by atoms with Gasteiger partial charge in [-0.25, -0.2) is 0 Å². The number of rotatable bonds is 6. The van der Waals surface area contributed by atoms with Gasteiger partial charge in [0.25, 0.3) is 0 Å². The predicted octanol–water partition coefficient (Wildman–Crippen LogP) is 3.18. The second-order valence-electron chi connectivity index (χ2n) is 4.33. The SMILES string of the molecule is CCC[C@@H](O)[C@@H](N)c1ccc(OC(F)(F)F)cc1OC.Cl. The summed E-state index contributed by atoms with van der Waals surface area (Å²) in [4.78, 5) is 0. The number of methoxy groups -OCH3 is 1. The Balaban J connectivity index is 0.00000400. The number of ether oxygens (including phenoxy) is 2. The summed E-state index contributed by atoms with van der Waals surface area (Å²) in [5, 5.41) is 9.86. The van der Waals surface area contributed by atoms with Crippen molar-refractivity contribution in [2.75, 3.05) is 7.11 Å². The molecule has 0 bridgehead atoms. The molecular weight excluding hydrogens is 311 g/mol. The molecule has 0 fully saturated rings. The van der Waals surface area contributed by atoms with Crippen LogP contribution in [-0.2, 0) is 0 Å². The van der Waals surface area contributed by atoms with E-state index in [0.29, 0.717) is 12.0 Å². The topological polar surface area (TPSA) is 64.7 Å². The van der Waals surface area contributed by atoms with Gasteiger partial charge in [-0.05, 0) is 18.6 Å². The van der Waals surface area contributed by atoms with E-state index in [1.165, 1.54) is 13.2 Å². The molecule has 8 heteroatoms. The number of halogens is 4. The molecule has 0 aliphatic carbocycles. The number of alkyl halides is 3. The number of aliphatic hydroxyl groups is 1. The van der Waals surface area contributed by atoms with Crippen molar-refractivity contribution < 1.29 is 27.8 Å². The first kappa shape index (κ1) is 19.8. The minimum Gasteiger partial charge on any atom is -0.496 e. The van der Waals surface area contributed by atoms with Gasteiger partial charge in [0.05, 0.1) is 19.3 Å². The van der Waals surface area contributed by atoms with Crippen LogP contribution in [0.4, 0.5) is 13.2 Å². The highest BCUT2D eigenvalue weighted by Gasteiger charge is 2.31. The largest absolute Gasteiger partial charge is 0.573 e. The Bertz CT molecular complexity index is 443. The summed E-state index contributed by atoms with van der Waals surface area (Å²) >= 11 is 0. The minimum absolute atomic E-state index is 0. The second kappa shape index (κ2) is 8.31. The molecule has 0 spiro atoms. The van der Waals surface area contributed by atoms with Crippen molar-refractivity contribution in [1.29, 1.82) is 0 Å². The van der Waals surface area contributed by atoms with Gasteiger partial charge in [0.1, 0.15) is 11.5 Å². The van der Waals surface area contributed by atoms with Gasteiger partial charge in [-0.15, -0.1) is 25.6 Å². The number of hydrogen-bond donors (Lipinski definition) is 2. The zero-order valence-electron chi connectivity index (χ0n) is 11.7. The van der Waals surface area contributed by atoms with Gasteiger partial charge in [0.2, 0.25) is 0 Å². The summed E-state index contributed by atoms with van der Waals surface area (Å²) in [6.45, 7) is 1.90. The van der Waals surface area contributed by atoms with Crippen molar-refractivity contribution in [3.63, 3.8) is 0 Å². The Morgan fingerprint density at radius 2 is 1.95 bits per heavy atom. The van der Waals surface area contributed by atoms with E-state index >= 15 is 0 Å². The highest BCUT2D eigenvalue weighted by atomic mass is 35.5. The highest BCUT2D eigenvalue weighted by molar-refractivity contribution is 5.85. The van der Waals surface area contributed by atoms with Crippen LogP contribution in [0.25, 0.3) is 0 Å². The smallest absolute Gasteiger partial charge is 0.496 e. The Kier molecular flexibility index (Phi) is 7.84. The summed E-state index contributed by atoms with van der Waals surface area (Å²) in [5.41, 5.74) is 6.32. The zero-order valence-corrected chi connectivity index (χ0v) is 12.5. The van der Waals surface area contributed by atoms with Crippen molar-refractivity contribution in [1.82, 2.24) is 0 Å². The van der Waals surface area contributed by atoms with E-state index < -0.39 is 24.3 Å². The first-order valence-electron chi connectivity index (χ1n) is 6.15. The van der Waals surface area contributed by atoms with Crippen LogP contribution >= 0.6 is 12.4 Å². The third-order valence-corrected chi connectivity index (χ3v) is 2.80. The lowest BCUT2D eigenvalue weighted by molar-refractivity contribution is -0.274. The molecule has 4 nitrogen and oxygen atoms in total. The molecule has 1 rings (SSSR count). The zero-order chi connectivity index (χ0) is 15.3. The van der Waals surface area contributed by atoms with Crippen molar-refractivity contribution in [2.45, 2.75) is 38.3 Å². The van der Waals surface area contributed by atoms with E-state index in [0.717, 1.165) is 18.6 Å². The lowest BCUT2D eigenvalue weighted by atomic mass is 9.98. The van der Waals surface area contributed by atoms with E-state index in [4.69, 9.17) is 10.5 Å². The van der Waals surface area contributed by atoms with Crippen molar-refractivity contribution >= 4 is 12.4 Å². The Labute approximate surface area is 127 Å². The predicted molar refractivity (Wildman–Crippen MR) is 74.8 cm³/mol. The molecule has 1 aromatic rings. The van der Waals surface area contributed by atoms with Gasteiger partial charge in [-0.1, -0.05) is 13.3 Å². The van der Waals surface area contributed by atoms with E-state index in [1.807, 2.05) is 6.92 Å². The van der Waals surface area contributed by atoms with E-state index in [9.17, 15) is 18.3 Å². The molecule has 21 heavy (non-hydrogen) atoms. The highest BCUT2D eigenvalue weighted by Crippen LogP contribution is 2.33. The summed E-state index contributed by atoms with van der Waals surface area (Å²) in [6.07, 6.45) is -4.32. The standard InChI is InChI=1S/C13H18F3NO3.ClH/c1-3-4-10(18)12(17)9-6-5-8(7-11(9)19-2)20-13(14,15)16;/h5-7,10,12,18H,3-4,17H2,1-2H3;1H/t10-,12+;/m1./s1. The van der Waals surface area contributed by atoms with Gasteiger partial charge in [0.15, 0.2) is 0 Å². The molecular formula is C13H19ClF3NO3. The first-order chi connectivity index (χ1) is 9.28. The summed E-state index contributed by atoms with van der Waals surface area (Å²) in [7, 11) is 1.31. The molecule has 0 aliphatic heterocycles. The first-order valence-corrected chi connectivity index (χ1v) is 6.15. The van der Waals surface area contributed by atoms with Crippen molar-refractivity contribution in [3.8, 4) is 11.5 Å². The van der Waals surface area contributed by atoms with E-state index in [-0.39, 0.29) is 18.2 Å². The van der Waals surface area contributed by atoms with E-state index in [2.05, 4.69) is 4.74 Å². The van der Waals surface area contributed by atoms with Crippen molar-refractivity contribution in [2.24, 2.45) is 5.73 Å². The number of nitrogens with two attached hydrogens (primary N) is 1. The lowest BCUT2D eigenvalue weighted by Gasteiger charge is -2.21. The minimum atomic E-state index is -4.77. The third-order valence-electron chi connectivity index (χ3n) is 2.80. The average Bonchev–Trinajstić information content (AvgIpc) is 2.36. The van der Waals surface area contributed by atoms with Gasteiger partial charge in [-0.3, -0.25) is 0 Å². The molecule has 0 amide bonds. The normalized spacial score (nSPS) is 14.0. The molecule has 1 aromatic carbocycles. The fourth-order valence-electron chi connectivity index (χ4n) is 1.85. The van der Waals surface area contributed by atoms with Crippen LogP contribution in [0.15, 0.2) is 18.2 Å². The van der Waals surface area contributed by atoms with Crippen LogP contribution in [0.1, 0.15) is 31.4 Å². The summed E-state index contributed by atoms with van der Waals surface area (Å²) in [5.74, 6) is -0.246. The van der Waals surface area contributed by atoms with Crippen molar-refractivity contribution in [3.05, 3.63) is 23.8 Å². The maximum Gasteiger partial charge on any atom is 0.573 e. The van der Waals surface area contributed by atoms with Gasteiger partial charge < -0.3 is 20.3 Å². The van der Waals surface area contributed by atoms with Crippen LogP contribution in [-0.4, -0.2) is 24.7 Å². The van der Waals surface area contributed by atoms with Crippen LogP contribution in [0, 0.1) is 0 Å². The molecule has 2 atom stereocenters. The number of aliphatic hydroxyl groups excluding tert-OH is 1. The average molecular weight is 330 g/mol. The molecule has 0 aliphatic rings. The molecule has 122 valence electrons. The molecule has 0 unspecified atom stereocenters. The quantitative estimate of drug-likeness (QED) is 0.841. The van der Waals surface area contributed by atoms with Crippen LogP contribution < -0.4 is 15.2 Å². The maximum atomic E-state index is 12.1. The summed E-state index contributed by atoms with van der Waals surface area (Å²) < 4.78 is 45.2. The molecule has 0 radical (unpaired) electrons. The summed E-state index contributed by atoms with van der Waals surface area (Å²) in [6, 6.07) is 2.87. The van der Waals surface area contributed by atoms with Gasteiger partial charge >= 0.3 is 6.36 Å². The number of benzene rings is 1. The van der Waals surface area contributed by atoms with Gasteiger partial charge in [0, 0.05) is 11.6 Å². The second-order valence-corrected chi connectivity index (χ2v) is 4.33. The maximum absolute atomic E-state index is 12.1. The Morgan fingerprint density at radius 1 is 1.33 bits per heavy atom. The lowest BCUT2D eigenvalue weighted by Crippen LogP contribution is -2.26. The number of hydrogen-bond acceptors (Lipinski definition) is 4. The molecule has 0 heterocycles. The van der Waals surface area contributed by atoms with Crippen LogP contribution in [0.5, 0.6) is 11.5 Å². The molecule has 0 aromatic heterocycles. The monoisotopic (exact) mass is 329 g/mol. The van der Waals surface area contributed by atoms with Crippen LogP contribution in [0.2, 0.25) is 0 Å². The Hall–Kier alpha value is -1.18. The Morgan fingerprint density at radius 3 is 2.43 bits per heavy atom. The van der Waals surface area contributed by atoms with Gasteiger partial charge in [-0.2, -0.15) is 0 Å². The third kappa shape index (κ3) is 5.99. The molecule has 0 saturated heterocycles. The fraction of sp³-hybridized carbons (Fsp3) is 0.538. The van der Waals surface area contributed by atoms with Crippen LogP contribution in [0.3, 0.4) is 0 Å². The molecule has 0 saturated carbocycles.